The molecule has 41 valence electrons. The second-order valence-electron chi connectivity index (χ2n) is 1.46. The molecule has 0 unspecified atom stereocenters. The van der Waals surface area contributed by atoms with Crippen LogP contribution < -0.4 is 0 Å². The van der Waals surface area contributed by atoms with Gasteiger partial charge in [-0.25, -0.2) is 0 Å². The second-order valence-corrected chi connectivity index (χ2v) is 1.67. The average Bonchev–Trinajstić information content (AvgIpc) is 1.69. The van der Waals surface area contributed by atoms with Crippen LogP contribution in [0, 0.1) is 5.54 Å². The molecule has 0 aromatic rings. The van der Waals surface area contributed by atoms with Crippen molar-refractivity contribution in [1.29, 1.82) is 0 Å². The molecule has 0 saturated carbocycles. The molecule has 0 aliphatic rings. The molecule has 0 amide bonds. The van der Waals surface area contributed by atoms with E-state index >= 15 is 0 Å². The van der Waals surface area contributed by atoms with Gasteiger partial charge in [-0.15, -0.1) is 0 Å². The molecule has 0 heterocycles. The Hall–Kier alpha value is 0.0300. The summed E-state index contributed by atoms with van der Waals surface area (Å²) in [7, 11) is 0. The highest BCUT2D eigenvalue weighted by molar-refractivity contribution is 6.22. The molecule has 0 aromatic heterocycles. The van der Waals surface area contributed by atoms with Gasteiger partial charge in [-0.05, 0) is 6.42 Å². The van der Waals surface area contributed by atoms with Crippen molar-refractivity contribution in [2.75, 3.05) is 0 Å². The van der Waals surface area contributed by atoms with Gasteiger partial charge in [0.1, 0.15) is 0 Å². The van der Waals surface area contributed by atoms with Gasteiger partial charge in [0.15, 0.2) is 0 Å². The minimum Gasteiger partial charge on any atom is -0.0831 e. The average molecular weight is 118 g/mol. The van der Waals surface area contributed by atoms with Gasteiger partial charge in [0.2, 0.25) is 0 Å². The lowest BCUT2D eigenvalue weighted by Gasteiger charge is -1.82. The first-order valence-corrected chi connectivity index (χ1v) is 2.97. The van der Waals surface area contributed by atoms with Crippen LogP contribution in [-0.4, -0.2) is 0 Å². The van der Waals surface area contributed by atoms with E-state index < -0.39 is 0 Å². The molecule has 0 fully saturated rings. The predicted octanol–water partition coefficient (Wildman–Crippen LogP) is 2.73. The van der Waals surface area contributed by atoms with E-state index in [1.807, 2.05) is 6.08 Å². The number of rotatable bonds is 3. The Kier molecular flexibility index (Phi) is 6.06. The summed E-state index contributed by atoms with van der Waals surface area (Å²) in [5.41, 5.74) is 2.45. The molecule has 0 aliphatic heterocycles. The monoisotopic (exact) mass is 117 g/mol. The Morgan fingerprint density at radius 1 is 1.71 bits per heavy atom. The summed E-state index contributed by atoms with van der Waals surface area (Å²) in [6.45, 7) is 2.15. The number of unbranched alkanes of at least 4 members (excludes halogenated alkanes) is 2. The van der Waals surface area contributed by atoms with E-state index in [0.29, 0.717) is 0 Å². The van der Waals surface area contributed by atoms with Crippen molar-refractivity contribution in [2.45, 2.75) is 26.2 Å². The third-order valence-corrected chi connectivity index (χ3v) is 0.933. The summed E-state index contributed by atoms with van der Waals surface area (Å²) < 4.78 is 0. The topological polar surface area (TPSA) is 0 Å². The quantitative estimate of drug-likeness (QED) is 0.499. The lowest BCUT2D eigenvalue weighted by molar-refractivity contribution is 0.814. The van der Waals surface area contributed by atoms with E-state index in [1.165, 1.54) is 12.8 Å². The molecule has 0 nitrogen and oxygen atoms in total. The summed E-state index contributed by atoms with van der Waals surface area (Å²) in [4.78, 5) is 0. The van der Waals surface area contributed by atoms with Crippen LogP contribution in [0.3, 0.4) is 0 Å². The molecule has 0 aromatic carbocycles. The van der Waals surface area contributed by atoms with Gasteiger partial charge in [-0.1, -0.05) is 37.4 Å². The standard InChI is InChI=1S/C6H10Cl/c1-2-3-4-5-6-7/h5H,2-4H2,1H3. The van der Waals surface area contributed by atoms with E-state index in [2.05, 4.69) is 12.5 Å². The Morgan fingerprint density at radius 2 is 2.43 bits per heavy atom. The van der Waals surface area contributed by atoms with Crippen LogP contribution in [0.25, 0.3) is 0 Å². The van der Waals surface area contributed by atoms with Crippen LogP contribution >= 0.6 is 11.6 Å². The maximum Gasteiger partial charge on any atom is 0.0549 e. The van der Waals surface area contributed by atoms with Gasteiger partial charge >= 0.3 is 0 Å². The molecular formula is C6H10Cl. The fourth-order valence-corrected chi connectivity index (χ4v) is 0.470. The smallest absolute Gasteiger partial charge is 0.0549 e. The van der Waals surface area contributed by atoms with Crippen molar-refractivity contribution < 1.29 is 0 Å². The van der Waals surface area contributed by atoms with E-state index in [1.54, 1.807) is 0 Å². The maximum absolute atomic E-state index is 5.13. The minimum absolute atomic E-state index is 1.07. The molecular weight excluding hydrogens is 108 g/mol. The molecule has 0 rings (SSSR count). The van der Waals surface area contributed by atoms with Gasteiger partial charge in [-0.3, -0.25) is 0 Å². The first-order valence-electron chi connectivity index (χ1n) is 2.59. The van der Waals surface area contributed by atoms with E-state index in [9.17, 15) is 0 Å². The minimum atomic E-state index is 1.07. The molecule has 0 aliphatic carbocycles. The number of halogens is 1. The highest BCUT2D eigenvalue weighted by Crippen LogP contribution is 1.94. The van der Waals surface area contributed by atoms with Crippen LogP contribution in [0.2, 0.25) is 0 Å². The number of hydrogen-bond acceptors (Lipinski definition) is 0. The largest absolute Gasteiger partial charge is 0.0831 e. The summed E-state index contributed by atoms with van der Waals surface area (Å²) in [6.07, 6.45) is 5.37. The highest BCUT2D eigenvalue weighted by atomic mass is 35.5. The fourth-order valence-electron chi connectivity index (χ4n) is 0.361. The normalized spacial score (nSPS) is 10.6. The predicted molar refractivity (Wildman–Crippen MR) is 33.2 cm³/mol. The fraction of sp³-hybridized carbons (Fsp3) is 0.667. The molecule has 0 saturated heterocycles. The van der Waals surface area contributed by atoms with Crippen LogP contribution in [0.5, 0.6) is 0 Å². The maximum atomic E-state index is 5.13. The summed E-state index contributed by atoms with van der Waals surface area (Å²) in [5.74, 6) is 0. The van der Waals surface area contributed by atoms with E-state index in [4.69, 9.17) is 11.6 Å². The van der Waals surface area contributed by atoms with Crippen LogP contribution in [0.15, 0.2) is 6.08 Å². The third-order valence-electron chi connectivity index (χ3n) is 0.779. The Balaban J connectivity index is 2.69. The number of hydrogen-bond donors (Lipinski definition) is 0. The highest BCUT2D eigenvalue weighted by Gasteiger charge is 1.74. The first-order chi connectivity index (χ1) is 3.41. The van der Waals surface area contributed by atoms with Crippen molar-refractivity contribution in [3.63, 3.8) is 0 Å². The van der Waals surface area contributed by atoms with Crippen LogP contribution in [0.1, 0.15) is 26.2 Å². The summed E-state index contributed by atoms with van der Waals surface area (Å²) >= 11 is 5.13. The van der Waals surface area contributed by atoms with Crippen molar-refractivity contribution in [2.24, 2.45) is 0 Å². The van der Waals surface area contributed by atoms with Gasteiger partial charge in [0.25, 0.3) is 0 Å². The molecule has 0 N–H and O–H groups in total. The molecule has 1 heteroatoms. The second kappa shape index (κ2) is 6.03. The lowest BCUT2D eigenvalue weighted by atomic mass is 10.3. The Labute approximate surface area is 50.2 Å². The summed E-state index contributed by atoms with van der Waals surface area (Å²) in [6, 6.07) is 0. The summed E-state index contributed by atoms with van der Waals surface area (Å²) in [5, 5.41) is 0. The van der Waals surface area contributed by atoms with Crippen molar-refractivity contribution >= 4 is 11.6 Å². The van der Waals surface area contributed by atoms with Crippen LogP contribution in [-0.2, 0) is 0 Å². The SMILES string of the molecule is CCCC/C=[C]\Cl. The van der Waals surface area contributed by atoms with Gasteiger partial charge < -0.3 is 0 Å². The number of allylic oxidation sites excluding steroid dienone is 1. The Morgan fingerprint density at radius 3 is 2.86 bits per heavy atom. The zero-order chi connectivity index (χ0) is 5.54. The molecule has 1 radical (unpaired) electrons. The third kappa shape index (κ3) is 6.03. The van der Waals surface area contributed by atoms with Gasteiger partial charge in [-0.2, -0.15) is 0 Å². The van der Waals surface area contributed by atoms with Gasteiger partial charge in [0.05, 0.1) is 5.54 Å². The lowest BCUT2D eigenvalue weighted by Crippen LogP contribution is -1.63. The van der Waals surface area contributed by atoms with E-state index in [-0.39, 0.29) is 0 Å². The first kappa shape index (κ1) is 7.03. The molecule has 0 atom stereocenters. The van der Waals surface area contributed by atoms with Gasteiger partial charge in [0, 0.05) is 0 Å². The zero-order valence-corrected chi connectivity index (χ0v) is 5.33. The van der Waals surface area contributed by atoms with E-state index in [0.717, 1.165) is 6.42 Å². The molecule has 7 heavy (non-hydrogen) atoms. The molecule has 0 spiro atoms. The zero-order valence-electron chi connectivity index (χ0n) is 4.58. The van der Waals surface area contributed by atoms with Crippen molar-refractivity contribution in [1.82, 2.24) is 0 Å². The molecule has 0 bridgehead atoms. The van der Waals surface area contributed by atoms with Crippen molar-refractivity contribution in [3.8, 4) is 0 Å². The Bertz CT molecular complexity index is 48.1. The van der Waals surface area contributed by atoms with Crippen molar-refractivity contribution in [3.05, 3.63) is 11.6 Å². The van der Waals surface area contributed by atoms with Crippen LogP contribution in [0.4, 0.5) is 0 Å².